The van der Waals surface area contributed by atoms with E-state index in [4.69, 9.17) is 9.47 Å². The average Bonchev–Trinajstić information content (AvgIpc) is 2.60. The Labute approximate surface area is 142 Å². The minimum atomic E-state index is -0.877. The molecule has 24 heavy (non-hydrogen) atoms. The summed E-state index contributed by atoms with van der Waals surface area (Å²) < 4.78 is 10.8. The van der Waals surface area contributed by atoms with E-state index in [1.54, 1.807) is 7.11 Å². The van der Waals surface area contributed by atoms with Gasteiger partial charge in [0.2, 0.25) is 5.91 Å². The van der Waals surface area contributed by atoms with E-state index < -0.39 is 17.8 Å². The van der Waals surface area contributed by atoms with Crippen LogP contribution < -0.4 is 14.8 Å². The van der Waals surface area contributed by atoms with E-state index in [9.17, 15) is 14.7 Å². The Morgan fingerprint density at radius 2 is 1.92 bits per heavy atom. The zero-order chi connectivity index (χ0) is 17.5. The van der Waals surface area contributed by atoms with Crippen LogP contribution in [0.25, 0.3) is 0 Å². The average molecular weight is 335 g/mol. The van der Waals surface area contributed by atoms with Crippen LogP contribution in [0.1, 0.15) is 38.2 Å². The molecule has 2 rings (SSSR count). The first-order valence-electron chi connectivity index (χ1n) is 8.37. The van der Waals surface area contributed by atoms with Crippen molar-refractivity contribution in [2.45, 2.75) is 39.2 Å². The molecule has 2 N–H and O–H groups in total. The van der Waals surface area contributed by atoms with Gasteiger partial charge in [0.25, 0.3) is 0 Å². The number of nitrogens with one attached hydrogen (secondary N) is 1. The van der Waals surface area contributed by atoms with E-state index in [-0.39, 0.29) is 5.91 Å². The minimum absolute atomic E-state index is 0.185. The van der Waals surface area contributed by atoms with Crippen LogP contribution in [0.4, 0.5) is 0 Å². The second-order valence-electron chi connectivity index (χ2n) is 5.97. The molecule has 0 radical (unpaired) electrons. The third-order valence-corrected chi connectivity index (χ3v) is 4.41. The Balaban J connectivity index is 1.99. The molecule has 1 saturated carbocycles. The number of rotatable bonds is 7. The lowest BCUT2D eigenvalue weighted by atomic mass is 9.78. The largest absolute Gasteiger partial charge is 0.493 e. The first-order chi connectivity index (χ1) is 11.6. The predicted octanol–water partition coefficient (Wildman–Crippen LogP) is 2.60. The maximum atomic E-state index is 12.4. The molecule has 6 nitrogen and oxygen atoms in total. The molecule has 0 heterocycles. The smallest absolute Gasteiger partial charge is 0.307 e. The van der Waals surface area contributed by atoms with Crippen molar-refractivity contribution in [1.82, 2.24) is 5.32 Å². The van der Waals surface area contributed by atoms with Gasteiger partial charge in [-0.25, -0.2) is 0 Å². The van der Waals surface area contributed by atoms with Crippen LogP contribution in [0.2, 0.25) is 0 Å². The van der Waals surface area contributed by atoms with E-state index in [1.807, 2.05) is 25.1 Å². The van der Waals surface area contributed by atoms with E-state index in [2.05, 4.69) is 5.32 Å². The molecule has 132 valence electrons. The Hall–Kier alpha value is -2.24. The van der Waals surface area contributed by atoms with Gasteiger partial charge in [0.15, 0.2) is 11.5 Å². The normalized spacial score (nSPS) is 20.2. The quantitative estimate of drug-likeness (QED) is 0.800. The fourth-order valence-corrected chi connectivity index (χ4v) is 3.16. The van der Waals surface area contributed by atoms with Crippen molar-refractivity contribution >= 4 is 11.9 Å². The number of aliphatic carboxylic acids is 1. The predicted molar refractivity (Wildman–Crippen MR) is 89.1 cm³/mol. The molecule has 0 aromatic heterocycles. The van der Waals surface area contributed by atoms with E-state index in [1.165, 1.54) is 0 Å². The molecule has 0 spiro atoms. The summed E-state index contributed by atoms with van der Waals surface area (Å²) in [7, 11) is 1.57. The first kappa shape index (κ1) is 18.1. The molecule has 1 fully saturated rings. The van der Waals surface area contributed by atoms with Crippen molar-refractivity contribution in [3.05, 3.63) is 23.8 Å². The van der Waals surface area contributed by atoms with Crippen molar-refractivity contribution in [1.29, 1.82) is 0 Å². The Bertz CT molecular complexity index is 587. The topological polar surface area (TPSA) is 84.9 Å². The highest BCUT2D eigenvalue weighted by atomic mass is 16.5. The fraction of sp³-hybridized carbons (Fsp3) is 0.556. The number of methoxy groups -OCH3 is 1. The molecule has 1 aliphatic carbocycles. The molecule has 1 aliphatic rings. The van der Waals surface area contributed by atoms with E-state index in [0.717, 1.165) is 18.4 Å². The zero-order valence-corrected chi connectivity index (χ0v) is 14.2. The lowest BCUT2D eigenvalue weighted by Gasteiger charge is -2.27. The first-order valence-corrected chi connectivity index (χ1v) is 8.37. The van der Waals surface area contributed by atoms with Gasteiger partial charge in [-0.3, -0.25) is 9.59 Å². The van der Waals surface area contributed by atoms with Crippen LogP contribution in [0.15, 0.2) is 18.2 Å². The van der Waals surface area contributed by atoms with Gasteiger partial charge in [0.1, 0.15) is 0 Å². The number of carboxylic acids is 1. The molecule has 1 aromatic carbocycles. The summed E-state index contributed by atoms with van der Waals surface area (Å²) in [5, 5.41) is 12.1. The molecular formula is C18H25NO5. The summed E-state index contributed by atoms with van der Waals surface area (Å²) in [5.74, 6) is -0.806. The van der Waals surface area contributed by atoms with Gasteiger partial charge < -0.3 is 19.9 Å². The highest BCUT2D eigenvalue weighted by Crippen LogP contribution is 2.31. The van der Waals surface area contributed by atoms with Gasteiger partial charge in [-0.2, -0.15) is 0 Å². The summed E-state index contributed by atoms with van der Waals surface area (Å²) in [6.45, 7) is 2.78. The van der Waals surface area contributed by atoms with Crippen molar-refractivity contribution < 1.29 is 24.2 Å². The second-order valence-corrected chi connectivity index (χ2v) is 5.97. The zero-order valence-electron chi connectivity index (χ0n) is 14.2. The number of carbonyl (C=O) groups is 2. The summed E-state index contributed by atoms with van der Waals surface area (Å²) in [4.78, 5) is 23.7. The molecule has 1 amide bonds. The highest BCUT2D eigenvalue weighted by molar-refractivity contribution is 5.84. The number of amides is 1. The number of hydrogen-bond acceptors (Lipinski definition) is 4. The van der Waals surface area contributed by atoms with E-state index in [0.29, 0.717) is 37.5 Å². The SMILES string of the molecule is CCOc1ccc(CNC(=O)[C@H]2CCCC[C@@H]2C(=O)O)cc1OC. The molecular weight excluding hydrogens is 310 g/mol. The Morgan fingerprint density at radius 1 is 1.21 bits per heavy atom. The van der Waals surface area contributed by atoms with Crippen LogP contribution >= 0.6 is 0 Å². The van der Waals surface area contributed by atoms with Crippen molar-refractivity contribution in [3.63, 3.8) is 0 Å². The minimum Gasteiger partial charge on any atom is -0.493 e. The van der Waals surface area contributed by atoms with E-state index >= 15 is 0 Å². The molecule has 1 aromatic rings. The molecule has 6 heteroatoms. The van der Waals surface area contributed by atoms with Crippen LogP contribution in [0.3, 0.4) is 0 Å². The second kappa shape index (κ2) is 8.57. The lowest BCUT2D eigenvalue weighted by molar-refractivity contribution is -0.148. The Morgan fingerprint density at radius 3 is 2.54 bits per heavy atom. The van der Waals surface area contributed by atoms with Crippen LogP contribution in [-0.4, -0.2) is 30.7 Å². The molecule has 0 aliphatic heterocycles. The van der Waals surface area contributed by atoms with Crippen LogP contribution in [-0.2, 0) is 16.1 Å². The number of carboxylic acid groups (broad SMARTS) is 1. The fourth-order valence-electron chi connectivity index (χ4n) is 3.16. The molecule has 0 bridgehead atoms. The van der Waals surface area contributed by atoms with Crippen LogP contribution in [0, 0.1) is 11.8 Å². The molecule has 0 saturated heterocycles. The Kier molecular flexibility index (Phi) is 6.46. The van der Waals surface area contributed by atoms with Gasteiger partial charge in [0.05, 0.1) is 25.6 Å². The maximum absolute atomic E-state index is 12.4. The third kappa shape index (κ3) is 4.40. The lowest BCUT2D eigenvalue weighted by Crippen LogP contribution is -2.39. The number of hydrogen-bond donors (Lipinski definition) is 2. The van der Waals surface area contributed by atoms with Crippen LogP contribution in [0.5, 0.6) is 11.5 Å². The number of ether oxygens (including phenoxy) is 2. The van der Waals surface area contributed by atoms with Gasteiger partial charge in [-0.15, -0.1) is 0 Å². The third-order valence-electron chi connectivity index (χ3n) is 4.41. The van der Waals surface area contributed by atoms with Crippen molar-refractivity contribution in [2.75, 3.05) is 13.7 Å². The van der Waals surface area contributed by atoms with Gasteiger partial charge in [0, 0.05) is 6.54 Å². The van der Waals surface area contributed by atoms with Gasteiger partial charge >= 0.3 is 5.97 Å². The highest BCUT2D eigenvalue weighted by Gasteiger charge is 2.35. The number of benzene rings is 1. The maximum Gasteiger partial charge on any atom is 0.307 e. The van der Waals surface area contributed by atoms with Gasteiger partial charge in [-0.05, 0) is 37.5 Å². The molecule has 2 atom stereocenters. The van der Waals surface area contributed by atoms with Crippen molar-refractivity contribution in [2.24, 2.45) is 11.8 Å². The summed E-state index contributed by atoms with van der Waals surface area (Å²) >= 11 is 0. The summed E-state index contributed by atoms with van der Waals surface area (Å²) in [6.07, 6.45) is 2.98. The number of carbonyl (C=O) groups excluding carboxylic acids is 1. The summed E-state index contributed by atoms with van der Waals surface area (Å²) in [6, 6.07) is 5.49. The van der Waals surface area contributed by atoms with Gasteiger partial charge in [-0.1, -0.05) is 18.9 Å². The summed E-state index contributed by atoms with van der Waals surface area (Å²) in [5.41, 5.74) is 0.881. The van der Waals surface area contributed by atoms with Crippen molar-refractivity contribution in [3.8, 4) is 11.5 Å². The monoisotopic (exact) mass is 335 g/mol. The molecule has 0 unspecified atom stereocenters. The standard InChI is InChI=1S/C18H25NO5/c1-3-24-15-9-8-12(10-16(15)23-2)11-19-17(20)13-6-4-5-7-14(13)18(21)22/h8-10,13-14H,3-7,11H2,1-2H3,(H,19,20)(H,21,22)/t13-,14-/m0/s1.